The van der Waals surface area contributed by atoms with E-state index in [1.165, 1.54) is 167 Å². The Hall–Kier alpha value is -1.38. The van der Waals surface area contributed by atoms with Crippen molar-refractivity contribution in [3.05, 3.63) is 30.1 Å². The number of carbonyl (C=O) groups excluding carboxylic acids is 1. The molecule has 0 atom stereocenters. The highest BCUT2D eigenvalue weighted by Gasteiger charge is 2.09. The predicted octanol–water partition coefficient (Wildman–Crippen LogP) is 12.1. The van der Waals surface area contributed by atoms with Gasteiger partial charge in [0.05, 0.1) is 12.2 Å². The van der Waals surface area contributed by atoms with Crippen molar-refractivity contribution in [2.45, 2.75) is 200 Å². The molecule has 0 radical (unpaired) electrons. The van der Waals surface area contributed by atoms with E-state index in [1.54, 1.807) is 0 Å². The van der Waals surface area contributed by atoms with Crippen LogP contribution in [0.4, 0.5) is 0 Å². The van der Waals surface area contributed by atoms with E-state index in [0.717, 1.165) is 19.4 Å². The third kappa shape index (κ3) is 24.9. The number of pyridine rings is 1. The molecule has 1 rings (SSSR count). The van der Waals surface area contributed by atoms with Crippen LogP contribution in [-0.2, 0) is 11.3 Å². The summed E-state index contributed by atoms with van der Waals surface area (Å²) in [7, 11) is 0. The van der Waals surface area contributed by atoms with Gasteiger partial charge in [0.2, 0.25) is 0 Å². The van der Waals surface area contributed by atoms with Crippen molar-refractivity contribution in [2.75, 3.05) is 6.61 Å². The standard InChI is InChI=1S/C38H70NO2/c1-3-5-7-9-11-13-15-17-18-19-20-21-23-25-27-29-33-39-34-31-37(32-35-39)38(40)41-36-30-28-26-24-22-16-14-12-10-8-6-4-2/h31-32,34-35H,3-30,33,36H2,1-2H3/q+1. The normalized spacial score (nSPS) is 11.3. The van der Waals surface area contributed by atoms with Crippen LogP contribution in [0.25, 0.3) is 0 Å². The van der Waals surface area contributed by atoms with Crippen LogP contribution in [0.2, 0.25) is 0 Å². The van der Waals surface area contributed by atoms with Crippen LogP contribution in [0.3, 0.4) is 0 Å². The predicted molar refractivity (Wildman–Crippen MR) is 178 cm³/mol. The Morgan fingerprint density at radius 2 is 0.805 bits per heavy atom. The summed E-state index contributed by atoms with van der Waals surface area (Å²) in [5.41, 5.74) is 0.673. The molecule has 0 aliphatic rings. The Labute approximate surface area is 256 Å². The zero-order valence-corrected chi connectivity index (χ0v) is 27.8. The summed E-state index contributed by atoms with van der Waals surface area (Å²) < 4.78 is 7.71. The first-order valence-corrected chi connectivity index (χ1v) is 18.4. The number of aryl methyl sites for hydroxylation is 1. The minimum Gasteiger partial charge on any atom is -0.462 e. The van der Waals surface area contributed by atoms with Gasteiger partial charge in [0, 0.05) is 18.6 Å². The van der Waals surface area contributed by atoms with Gasteiger partial charge in [-0.05, 0) is 12.8 Å². The Kier molecular flexibility index (Phi) is 27.6. The molecule has 0 spiro atoms. The Morgan fingerprint density at radius 3 is 1.17 bits per heavy atom. The number of unbranched alkanes of at least 4 members (excludes halogenated alkanes) is 26. The van der Waals surface area contributed by atoms with Gasteiger partial charge in [-0.2, -0.15) is 0 Å². The fourth-order valence-electron chi connectivity index (χ4n) is 5.78. The molecule has 0 saturated heterocycles. The maximum absolute atomic E-state index is 12.3. The third-order valence-electron chi connectivity index (χ3n) is 8.63. The van der Waals surface area contributed by atoms with E-state index in [0.29, 0.717) is 12.2 Å². The smallest absolute Gasteiger partial charge is 0.338 e. The molecule has 0 unspecified atom stereocenters. The first-order valence-electron chi connectivity index (χ1n) is 18.4. The summed E-state index contributed by atoms with van der Waals surface area (Å²) in [6.07, 6.45) is 42.3. The van der Waals surface area contributed by atoms with Crippen LogP contribution < -0.4 is 4.57 Å². The molecule has 41 heavy (non-hydrogen) atoms. The van der Waals surface area contributed by atoms with E-state index >= 15 is 0 Å². The highest BCUT2D eigenvalue weighted by atomic mass is 16.5. The number of ether oxygens (including phenoxy) is 1. The van der Waals surface area contributed by atoms with Crippen LogP contribution in [-0.4, -0.2) is 12.6 Å². The van der Waals surface area contributed by atoms with E-state index in [4.69, 9.17) is 4.74 Å². The topological polar surface area (TPSA) is 30.2 Å². The Balaban J connectivity index is 1.89. The number of hydrogen-bond acceptors (Lipinski definition) is 2. The monoisotopic (exact) mass is 573 g/mol. The highest BCUT2D eigenvalue weighted by molar-refractivity contribution is 5.88. The molecule has 0 aliphatic heterocycles. The maximum atomic E-state index is 12.3. The van der Waals surface area contributed by atoms with E-state index in [1.807, 2.05) is 24.5 Å². The molecule has 238 valence electrons. The highest BCUT2D eigenvalue weighted by Crippen LogP contribution is 2.14. The van der Waals surface area contributed by atoms with Gasteiger partial charge < -0.3 is 4.74 Å². The number of aromatic nitrogens is 1. The summed E-state index contributed by atoms with van der Waals surface area (Å²) in [5.74, 6) is -0.178. The van der Waals surface area contributed by atoms with Gasteiger partial charge in [-0.1, -0.05) is 174 Å². The second kappa shape index (κ2) is 30.1. The van der Waals surface area contributed by atoms with Crippen LogP contribution in [0.1, 0.15) is 204 Å². The molecule has 1 heterocycles. The van der Waals surface area contributed by atoms with Crippen LogP contribution >= 0.6 is 0 Å². The maximum Gasteiger partial charge on any atom is 0.338 e. The van der Waals surface area contributed by atoms with Gasteiger partial charge in [0.15, 0.2) is 12.4 Å². The second-order valence-corrected chi connectivity index (χ2v) is 12.7. The molecule has 0 bridgehead atoms. The fraction of sp³-hybridized carbons (Fsp3) is 0.842. The van der Waals surface area contributed by atoms with Gasteiger partial charge in [-0.15, -0.1) is 0 Å². The van der Waals surface area contributed by atoms with Crippen LogP contribution in [0, 0.1) is 0 Å². The average Bonchev–Trinajstić information content (AvgIpc) is 2.99. The lowest BCUT2D eigenvalue weighted by Crippen LogP contribution is -2.32. The fourth-order valence-corrected chi connectivity index (χ4v) is 5.78. The second-order valence-electron chi connectivity index (χ2n) is 12.7. The molecule has 3 nitrogen and oxygen atoms in total. The molecule has 1 aromatic rings. The van der Waals surface area contributed by atoms with E-state index in [2.05, 4.69) is 18.4 Å². The molecular weight excluding hydrogens is 502 g/mol. The van der Waals surface area contributed by atoms with E-state index in [9.17, 15) is 4.79 Å². The first-order chi connectivity index (χ1) is 20.3. The van der Waals surface area contributed by atoms with Crippen molar-refractivity contribution in [3.8, 4) is 0 Å². The summed E-state index contributed by atoms with van der Waals surface area (Å²) in [4.78, 5) is 12.3. The first kappa shape index (κ1) is 37.6. The molecule has 0 aliphatic carbocycles. The lowest BCUT2D eigenvalue weighted by atomic mass is 10.0. The molecule has 0 fully saturated rings. The van der Waals surface area contributed by atoms with Gasteiger partial charge in [-0.25, -0.2) is 9.36 Å². The summed E-state index contributed by atoms with van der Waals surface area (Å²) >= 11 is 0. The Bertz CT molecular complexity index is 671. The van der Waals surface area contributed by atoms with Crippen molar-refractivity contribution in [3.63, 3.8) is 0 Å². The van der Waals surface area contributed by atoms with Gasteiger partial charge in [0.1, 0.15) is 6.54 Å². The third-order valence-corrected chi connectivity index (χ3v) is 8.63. The van der Waals surface area contributed by atoms with Crippen molar-refractivity contribution >= 4 is 5.97 Å². The molecule has 0 aromatic carbocycles. The summed E-state index contributed by atoms with van der Waals surface area (Å²) in [6, 6.07) is 3.83. The van der Waals surface area contributed by atoms with Crippen molar-refractivity contribution < 1.29 is 14.1 Å². The Morgan fingerprint density at radius 1 is 0.488 bits per heavy atom. The van der Waals surface area contributed by atoms with Gasteiger partial charge in [0.25, 0.3) is 0 Å². The van der Waals surface area contributed by atoms with E-state index < -0.39 is 0 Å². The molecule has 0 amide bonds. The van der Waals surface area contributed by atoms with Crippen molar-refractivity contribution in [1.29, 1.82) is 0 Å². The molecule has 1 aromatic heterocycles. The minimum absolute atomic E-state index is 0.178. The number of esters is 1. The largest absolute Gasteiger partial charge is 0.462 e. The molecule has 0 N–H and O–H groups in total. The number of nitrogens with zero attached hydrogens (tertiary/aromatic N) is 1. The average molecular weight is 573 g/mol. The number of carbonyl (C=O) groups is 1. The van der Waals surface area contributed by atoms with Gasteiger partial charge in [-0.3, -0.25) is 0 Å². The SMILES string of the molecule is CCCCCCCCCCCCCCCCCC[n+]1ccc(C(=O)OCCCCCCCCCCCCCC)cc1. The molecular formula is C38H70NO2+. The molecule has 3 heteroatoms. The zero-order valence-electron chi connectivity index (χ0n) is 27.8. The number of rotatable bonds is 31. The van der Waals surface area contributed by atoms with E-state index in [-0.39, 0.29) is 5.97 Å². The van der Waals surface area contributed by atoms with Crippen molar-refractivity contribution in [2.24, 2.45) is 0 Å². The van der Waals surface area contributed by atoms with Gasteiger partial charge >= 0.3 is 5.97 Å². The van der Waals surface area contributed by atoms with Crippen molar-refractivity contribution in [1.82, 2.24) is 0 Å². The number of hydrogen-bond donors (Lipinski definition) is 0. The lowest BCUT2D eigenvalue weighted by Gasteiger charge is -2.05. The summed E-state index contributed by atoms with van der Waals surface area (Å²) in [5, 5.41) is 0. The molecule has 0 saturated carbocycles. The minimum atomic E-state index is -0.178. The van der Waals surface area contributed by atoms with Crippen LogP contribution in [0.5, 0.6) is 0 Å². The lowest BCUT2D eigenvalue weighted by molar-refractivity contribution is -0.697. The quantitative estimate of drug-likeness (QED) is 0.0503. The van der Waals surface area contributed by atoms with Crippen LogP contribution in [0.15, 0.2) is 24.5 Å². The zero-order chi connectivity index (χ0) is 29.5. The summed E-state index contributed by atoms with van der Waals surface area (Å²) in [6.45, 7) is 6.15.